The van der Waals surface area contributed by atoms with Gasteiger partial charge in [-0.2, -0.15) is 0 Å². The van der Waals surface area contributed by atoms with Crippen molar-refractivity contribution >= 4 is 5.69 Å². The van der Waals surface area contributed by atoms with Gasteiger partial charge in [0.15, 0.2) is 0 Å². The van der Waals surface area contributed by atoms with Crippen molar-refractivity contribution in [2.24, 2.45) is 5.73 Å². The first-order valence-electron chi connectivity index (χ1n) is 6.52. The maximum Gasteiger partial charge on any atom is 0.0572 e. The number of nitrogens with zero attached hydrogens (tertiary/aromatic N) is 3. The molecule has 2 aromatic heterocycles. The second kappa shape index (κ2) is 6.29. The third-order valence-corrected chi connectivity index (χ3v) is 3.20. The maximum atomic E-state index is 5.96. The van der Waals surface area contributed by atoms with Gasteiger partial charge in [-0.3, -0.25) is 9.97 Å². The summed E-state index contributed by atoms with van der Waals surface area (Å²) in [7, 11) is 2.05. The molecule has 1 unspecified atom stereocenters. The summed E-state index contributed by atoms with van der Waals surface area (Å²) in [5, 5.41) is 0. The molecule has 100 valence electrons. The standard InChI is InChI=1S/C15H20N4/c1-3-14(16)15-5-4-13(10-18-15)19(2)11-12-6-8-17-9-7-12/h4-10,14H,3,11,16H2,1-2H3. The van der Waals surface area contributed by atoms with Crippen LogP contribution in [0.15, 0.2) is 42.9 Å². The first-order chi connectivity index (χ1) is 9.20. The van der Waals surface area contributed by atoms with Gasteiger partial charge in [-0.05, 0) is 36.2 Å². The van der Waals surface area contributed by atoms with Crippen molar-refractivity contribution in [3.63, 3.8) is 0 Å². The molecule has 2 N–H and O–H groups in total. The number of pyridine rings is 2. The fourth-order valence-electron chi connectivity index (χ4n) is 1.91. The third-order valence-electron chi connectivity index (χ3n) is 3.20. The molecule has 2 rings (SSSR count). The Labute approximate surface area is 114 Å². The Morgan fingerprint density at radius 1 is 1.21 bits per heavy atom. The Bertz CT molecular complexity index is 495. The highest BCUT2D eigenvalue weighted by molar-refractivity contribution is 5.44. The van der Waals surface area contributed by atoms with Crippen LogP contribution >= 0.6 is 0 Å². The number of hydrogen-bond donors (Lipinski definition) is 1. The Morgan fingerprint density at radius 2 is 1.95 bits per heavy atom. The normalized spacial score (nSPS) is 12.2. The second-order valence-corrected chi connectivity index (χ2v) is 4.67. The van der Waals surface area contributed by atoms with E-state index in [-0.39, 0.29) is 6.04 Å². The van der Waals surface area contributed by atoms with Crippen LogP contribution in [-0.2, 0) is 6.54 Å². The zero-order chi connectivity index (χ0) is 13.7. The van der Waals surface area contributed by atoms with Gasteiger partial charge in [0.25, 0.3) is 0 Å². The van der Waals surface area contributed by atoms with E-state index in [4.69, 9.17) is 5.73 Å². The highest BCUT2D eigenvalue weighted by Crippen LogP contribution is 2.17. The summed E-state index contributed by atoms with van der Waals surface area (Å²) in [6.07, 6.45) is 6.40. The minimum Gasteiger partial charge on any atom is -0.369 e. The molecule has 1 atom stereocenters. The highest BCUT2D eigenvalue weighted by atomic mass is 15.1. The van der Waals surface area contributed by atoms with E-state index in [1.165, 1.54) is 5.56 Å². The minimum atomic E-state index is 0.0274. The summed E-state index contributed by atoms with van der Waals surface area (Å²) in [4.78, 5) is 10.6. The molecule has 0 amide bonds. The van der Waals surface area contributed by atoms with Crippen molar-refractivity contribution in [3.8, 4) is 0 Å². The molecule has 0 spiro atoms. The van der Waals surface area contributed by atoms with Crippen molar-refractivity contribution in [3.05, 3.63) is 54.1 Å². The molecule has 0 aliphatic heterocycles. The fraction of sp³-hybridized carbons (Fsp3) is 0.333. The Balaban J connectivity index is 2.05. The van der Waals surface area contributed by atoms with Crippen LogP contribution < -0.4 is 10.6 Å². The van der Waals surface area contributed by atoms with E-state index in [1.54, 1.807) is 0 Å². The first-order valence-corrected chi connectivity index (χ1v) is 6.52. The predicted molar refractivity (Wildman–Crippen MR) is 77.8 cm³/mol. The molecule has 0 aliphatic rings. The second-order valence-electron chi connectivity index (χ2n) is 4.67. The highest BCUT2D eigenvalue weighted by Gasteiger charge is 2.06. The zero-order valence-corrected chi connectivity index (χ0v) is 11.5. The minimum absolute atomic E-state index is 0.0274. The lowest BCUT2D eigenvalue weighted by atomic mass is 10.1. The van der Waals surface area contributed by atoms with Crippen molar-refractivity contribution in [1.82, 2.24) is 9.97 Å². The molecular formula is C15H20N4. The van der Waals surface area contributed by atoms with Gasteiger partial charge >= 0.3 is 0 Å². The smallest absolute Gasteiger partial charge is 0.0572 e. The lowest BCUT2D eigenvalue weighted by Crippen LogP contribution is -2.17. The molecule has 0 aromatic carbocycles. The zero-order valence-electron chi connectivity index (χ0n) is 11.5. The Morgan fingerprint density at radius 3 is 2.53 bits per heavy atom. The van der Waals surface area contributed by atoms with Crippen LogP contribution in [0.4, 0.5) is 5.69 Å². The summed E-state index contributed by atoms with van der Waals surface area (Å²) in [5.74, 6) is 0. The molecule has 19 heavy (non-hydrogen) atoms. The lowest BCUT2D eigenvalue weighted by Gasteiger charge is -2.19. The molecule has 2 heterocycles. The Hall–Kier alpha value is -1.94. The molecule has 2 aromatic rings. The van der Waals surface area contributed by atoms with Gasteiger partial charge in [-0.25, -0.2) is 0 Å². The van der Waals surface area contributed by atoms with Crippen molar-refractivity contribution in [1.29, 1.82) is 0 Å². The van der Waals surface area contributed by atoms with Gasteiger partial charge in [-0.1, -0.05) is 6.92 Å². The van der Waals surface area contributed by atoms with Gasteiger partial charge in [0.1, 0.15) is 0 Å². The summed E-state index contributed by atoms with van der Waals surface area (Å²) in [6, 6.07) is 8.14. The van der Waals surface area contributed by atoms with E-state index in [9.17, 15) is 0 Å². The third kappa shape index (κ3) is 3.51. The van der Waals surface area contributed by atoms with Crippen LogP contribution in [0, 0.1) is 0 Å². The molecule has 0 saturated heterocycles. The molecular weight excluding hydrogens is 236 g/mol. The number of rotatable bonds is 5. The van der Waals surface area contributed by atoms with Gasteiger partial charge in [-0.15, -0.1) is 0 Å². The molecule has 0 aliphatic carbocycles. The quantitative estimate of drug-likeness (QED) is 0.893. The van der Waals surface area contributed by atoms with Crippen LogP contribution in [0.25, 0.3) is 0 Å². The molecule has 4 nitrogen and oxygen atoms in total. The van der Waals surface area contributed by atoms with E-state index in [1.807, 2.05) is 36.8 Å². The van der Waals surface area contributed by atoms with Crippen molar-refractivity contribution in [2.45, 2.75) is 25.9 Å². The number of anilines is 1. The van der Waals surface area contributed by atoms with Gasteiger partial charge in [0, 0.05) is 32.0 Å². The summed E-state index contributed by atoms with van der Waals surface area (Å²) in [5.41, 5.74) is 9.22. The molecule has 0 bridgehead atoms. The average Bonchev–Trinajstić information content (AvgIpc) is 2.47. The number of aromatic nitrogens is 2. The van der Waals surface area contributed by atoms with E-state index in [2.05, 4.69) is 34.9 Å². The molecule has 0 saturated carbocycles. The van der Waals surface area contributed by atoms with Crippen LogP contribution in [0.5, 0.6) is 0 Å². The number of nitrogens with two attached hydrogens (primary N) is 1. The summed E-state index contributed by atoms with van der Waals surface area (Å²) >= 11 is 0. The van der Waals surface area contributed by atoms with Crippen LogP contribution in [-0.4, -0.2) is 17.0 Å². The summed E-state index contributed by atoms with van der Waals surface area (Å²) in [6.45, 7) is 2.90. The average molecular weight is 256 g/mol. The predicted octanol–water partition coefficient (Wildman–Crippen LogP) is 2.52. The SMILES string of the molecule is CCC(N)c1ccc(N(C)Cc2ccncc2)cn1. The maximum absolute atomic E-state index is 5.96. The van der Waals surface area contributed by atoms with Crippen molar-refractivity contribution < 1.29 is 0 Å². The molecule has 4 heteroatoms. The van der Waals surface area contributed by atoms with E-state index in [0.29, 0.717) is 0 Å². The van der Waals surface area contributed by atoms with Crippen LogP contribution in [0.3, 0.4) is 0 Å². The van der Waals surface area contributed by atoms with E-state index < -0.39 is 0 Å². The largest absolute Gasteiger partial charge is 0.369 e. The fourth-order valence-corrected chi connectivity index (χ4v) is 1.91. The molecule has 0 fully saturated rings. The van der Waals surface area contributed by atoms with E-state index in [0.717, 1.165) is 24.3 Å². The first kappa shape index (κ1) is 13.5. The summed E-state index contributed by atoms with van der Waals surface area (Å²) < 4.78 is 0. The van der Waals surface area contributed by atoms with Gasteiger partial charge in [0.05, 0.1) is 17.6 Å². The van der Waals surface area contributed by atoms with E-state index >= 15 is 0 Å². The topological polar surface area (TPSA) is 55.0 Å². The lowest BCUT2D eigenvalue weighted by molar-refractivity contribution is 0.675. The van der Waals surface area contributed by atoms with Gasteiger partial charge in [0.2, 0.25) is 0 Å². The monoisotopic (exact) mass is 256 g/mol. The Kier molecular flexibility index (Phi) is 4.47. The number of hydrogen-bond acceptors (Lipinski definition) is 4. The molecule has 0 radical (unpaired) electrons. The van der Waals surface area contributed by atoms with Crippen molar-refractivity contribution in [2.75, 3.05) is 11.9 Å². The van der Waals surface area contributed by atoms with Crippen LogP contribution in [0.2, 0.25) is 0 Å². The van der Waals surface area contributed by atoms with Gasteiger partial charge < -0.3 is 10.6 Å². The van der Waals surface area contributed by atoms with Crippen LogP contribution in [0.1, 0.15) is 30.6 Å².